The van der Waals surface area contributed by atoms with Gasteiger partial charge in [-0.3, -0.25) is 9.59 Å². The molecule has 0 aromatic rings. The van der Waals surface area contributed by atoms with E-state index in [0.29, 0.717) is 19.3 Å². The molecule has 0 aromatic carbocycles. The zero-order valence-electron chi connectivity index (χ0n) is 37.5. The van der Waals surface area contributed by atoms with Crippen LogP contribution in [0.15, 0.2) is 24.3 Å². The zero-order valence-corrected chi connectivity index (χ0v) is 37.5. The Labute approximate surface area is 348 Å². The molecular weight excluding hydrogens is 695 g/mol. The maximum atomic E-state index is 13.1. The number of ether oxygens (including phenoxy) is 1. The summed E-state index contributed by atoms with van der Waals surface area (Å²) in [6.07, 6.45) is 49.7. The summed E-state index contributed by atoms with van der Waals surface area (Å²) < 4.78 is 5.89. The van der Waals surface area contributed by atoms with Crippen molar-refractivity contribution in [1.29, 1.82) is 0 Å². The molecule has 6 nitrogen and oxygen atoms in total. The van der Waals surface area contributed by atoms with Crippen molar-refractivity contribution in [3.05, 3.63) is 24.3 Å². The van der Waals surface area contributed by atoms with E-state index in [1.54, 1.807) is 0 Å². The molecule has 0 saturated heterocycles. The third-order valence-electron chi connectivity index (χ3n) is 11.2. The molecule has 0 radical (unpaired) electrons. The first-order chi connectivity index (χ1) is 27.5. The van der Waals surface area contributed by atoms with E-state index in [9.17, 15) is 19.8 Å². The second kappa shape index (κ2) is 44.4. The minimum Gasteiger partial charge on any atom is -0.462 e. The third kappa shape index (κ3) is 39.2. The maximum absolute atomic E-state index is 13.1. The SMILES string of the molecule is CCC/C=C\CCCCCC(CC(=O)NC(CO)C(O)CCCCCCCCCCCCC)OC(=O)CCCCCCC/C=C/CCCCCCCCCCC. The largest absolute Gasteiger partial charge is 0.462 e. The fraction of sp³-hybridized carbons (Fsp3) is 0.880. The highest BCUT2D eigenvalue weighted by atomic mass is 16.5. The molecular formula is C50H95NO5. The molecule has 0 heterocycles. The Bertz CT molecular complexity index is 889. The lowest BCUT2D eigenvalue weighted by atomic mass is 10.0. The number of hydrogen-bond donors (Lipinski definition) is 3. The Morgan fingerprint density at radius 2 is 0.893 bits per heavy atom. The number of carbonyl (C=O) groups excluding carboxylic acids is 2. The normalized spacial score (nSPS) is 13.4. The topological polar surface area (TPSA) is 95.9 Å². The number of unbranched alkanes of at least 4 members (excludes halogenated alkanes) is 28. The van der Waals surface area contributed by atoms with Gasteiger partial charge in [0, 0.05) is 6.42 Å². The molecule has 330 valence electrons. The van der Waals surface area contributed by atoms with Crippen molar-refractivity contribution >= 4 is 11.9 Å². The number of aliphatic hydroxyl groups excluding tert-OH is 2. The van der Waals surface area contributed by atoms with Crippen LogP contribution in [0.2, 0.25) is 0 Å². The van der Waals surface area contributed by atoms with Crippen LogP contribution in [0.3, 0.4) is 0 Å². The summed E-state index contributed by atoms with van der Waals surface area (Å²) in [4.78, 5) is 26.0. The first-order valence-electron chi connectivity index (χ1n) is 24.6. The van der Waals surface area contributed by atoms with E-state index in [2.05, 4.69) is 50.4 Å². The Kier molecular flexibility index (Phi) is 43.1. The highest BCUT2D eigenvalue weighted by Crippen LogP contribution is 2.17. The Morgan fingerprint density at radius 1 is 0.500 bits per heavy atom. The number of rotatable bonds is 44. The molecule has 0 fully saturated rings. The summed E-state index contributed by atoms with van der Waals surface area (Å²) in [6, 6.07) is -0.702. The van der Waals surface area contributed by atoms with Gasteiger partial charge in [-0.1, -0.05) is 199 Å². The standard InChI is InChI=1S/C50H95NO5/c1-4-7-10-13-16-19-21-22-23-24-25-26-27-29-31-34-37-40-43-50(55)56-46(41-38-35-32-18-15-12-9-6-3)44-49(54)51-47(45-52)48(53)42-39-36-33-30-28-20-17-14-11-8-5-2/h12,15,25-26,46-48,52-53H,4-11,13-14,16-24,27-45H2,1-3H3,(H,51,54)/b15-12-,26-25+. The van der Waals surface area contributed by atoms with Crippen LogP contribution in [0, 0.1) is 0 Å². The van der Waals surface area contributed by atoms with Crippen LogP contribution < -0.4 is 5.32 Å². The van der Waals surface area contributed by atoms with Gasteiger partial charge in [0.05, 0.1) is 25.2 Å². The molecule has 0 aliphatic heterocycles. The Hall–Kier alpha value is -1.66. The van der Waals surface area contributed by atoms with Crippen molar-refractivity contribution in [3.63, 3.8) is 0 Å². The number of amides is 1. The number of aliphatic hydroxyl groups is 2. The van der Waals surface area contributed by atoms with E-state index in [4.69, 9.17) is 4.74 Å². The lowest BCUT2D eigenvalue weighted by Gasteiger charge is -2.24. The number of allylic oxidation sites excluding steroid dienone is 4. The molecule has 3 unspecified atom stereocenters. The Balaban J connectivity index is 4.41. The number of carbonyl (C=O) groups is 2. The van der Waals surface area contributed by atoms with Gasteiger partial charge in [0.2, 0.25) is 5.91 Å². The highest BCUT2D eigenvalue weighted by Gasteiger charge is 2.24. The molecule has 0 spiro atoms. The van der Waals surface area contributed by atoms with E-state index < -0.39 is 18.2 Å². The van der Waals surface area contributed by atoms with Crippen LogP contribution in [-0.4, -0.2) is 46.9 Å². The molecule has 6 heteroatoms. The van der Waals surface area contributed by atoms with Crippen LogP contribution in [0.1, 0.15) is 258 Å². The molecule has 0 rings (SSSR count). The molecule has 0 aliphatic rings. The molecule has 0 bridgehead atoms. The van der Waals surface area contributed by atoms with Crippen molar-refractivity contribution < 1.29 is 24.5 Å². The molecule has 0 saturated carbocycles. The van der Waals surface area contributed by atoms with Gasteiger partial charge in [-0.2, -0.15) is 0 Å². The smallest absolute Gasteiger partial charge is 0.306 e. The van der Waals surface area contributed by atoms with Gasteiger partial charge in [0.25, 0.3) is 0 Å². The minimum absolute atomic E-state index is 0.0659. The average molecular weight is 790 g/mol. The van der Waals surface area contributed by atoms with Crippen LogP contribution in [0.25, 0.3) is 0 Å². The number of hydrogen-bond acceptors (Lipinski definition) is 5. The van der Waals surface area contributed by atoms with Gasteiger partial charge >= 0.3 is 5.97 Å². The van der Waals surface area contributed by atoms with Crippen LogP contribution in [0.4, 0.5) is 0 Å². The molecule has 1 amide bonds. The number of esters is 1. The van der Waals surface area contributed by atoms with Gasteiger partial charge in [0.15, 0.2) is 0 Å². The monoisotopic (exact) mass is 790 g/mol. The zero-order chi connectivity index (χ0) is 41.0. The number of nitrogens with one attached hydrogen (secondary N) is 1. The fourth-order valence-corrected chi connectivity index (χ4v) is 7.49. The van der Waals surface area contributed by atoms with Crippen molar-refractivity contribution in [2.75, 3.05) is 6.61 Å². The van der Waals surface area contributed by atoms with Crippen LogP contribution in [-0.2, 0) is 14.3 Å². The average Bonchev–Trinajstić information content (AvgIpc) is 3.19. The van der Waals surface area contributed by atoms with Crippen LogP contribution in [0.5, 0.6) is 0 Å². The fourth-order valence-electron chi connectivity index (χ4n) is 7.49. The van der Waals surface area contributed by atoms with E-state index in [-0.39, 0.29) is 24.9 Å². The Morgan fingerprint density at radius 3 is 1.36 bits per heavy atom. The van der Waals surface area contributed by atoms with Gasteiger partial charge in [-0.05, 0) is 70.6 Å². The van der Waals surface area contributed by atoms with Crippen molar-refractivity contribution in [2.45, 2.75) is 277 Å². The predicted molar refractivity (Wildman–Crippen MR) is 241 cm³/mol. The summed E-state index contributed by atoms with van der Waals surface area (Å²) >= 11 is 0. The van der Waals surface area contributed by atoms with E-state index >= 15 is 0 Å². The lowest BCUT2D eigenvalue weighted by molar-refractivity contribution is -0.151. The summed E-state index contributed by atoms with van der Waals surface area (Å²) in [5.41, 5.74) is 0. The summed E-state index contributed by atoms with van der Waals surface area (Å²) in [5.74, 6) is -0.496. The third-order valence-corrected chi connectivity index (χ3v) is 11.2. The van der Waals surface area contributed by atoms with E-state index in [0.717, 1.165) is 83.5 Å². The molecule has 0 aromatic heterocycles. The molecule has 56 heavy (non-hydrogen) atoms. The quantitative estimate of drug-likeness (QED) is 0.0324. The predicted octanol–water partition coefficient (Wildman–Crippen LogP) is 14.3. The minimum atomic E-state index is -0.787. The summed E-state index contributed by atoms with van der Waals surface area (Å²) in [6.45, 7) is 6.40. The lowest BCUT2D eigenvalue weighted by Crippen LogP contribution is -2.46. The van der Waals surface area contributed by atoms with Gasteiger partial charge in [-0.25, -0.2) is 0 Å². The second-order valence-electron chi connectivity index (χ2n) is 16.9. The summed E-state index contributed by atoms with van der Waals surface area (Å²) in [5, 5.41) is 23.6. The van der Waals surface area contributed by atoms with Crippen molar-refractivity contribution in [1.82, 2.24) is 5.32 Å². The summed E-state index contributed by atoms with van der Waals surface area (Å²) in [7, 11) is 0. The van der Waals surface area contributed by atoms with Crippen LogP contribution >= 0.6 is 0 Å². The van der Waals surface area contributed by atoms with Crippen molar-refractivity contribution in [3.8, 4) is 0 Å². The maximum Gasteiger partial charge on any atom is 0.306 e. The molecule has 0 aliphatic carbocycles. The molecule has 3 N–H and O–H groups in total. The first kappa shape index (κ1) is 54.3. The van der Waals surface area contributed by atoms with Crippen molar-refractivity contribution in [2.24, 2.45) is 0 Å². The van der Waals surface area contributed by atoms with E-state index in [1.807, 2.05) is 0 Å². The first-order valence-corrected chi connectivity index (χ1v) is 24.6. The van der Waals surface area contributed by atoms with Gasteiger partial charge in [-0.15, -0.1) is 0 Å². The van der Waals surface area contributed by atoms with Gasteiger partial charge in [0.1, 0.15) is 6.10 Å². The second-order valence-corrected chi connectivity index (χ2v) is 16.9. The van der Waals surface area contributed by atoms with E-state index in [1.165, 1.54) is 128 Å². The van der Waals surface area contributed by atoms with Gasteiger partial charge < -0.3 is 20.3 Å². The highest BCUT2D eigenvalue weighted by molar-refractivity contribution is 5.77. The molecule has 3 atom stereocenters.